The molecular formula is C18H23NO. The number of hydrogen-bond acceptors (Lipinski definition) is 2. The van der Waals surface area contributed by atoms with Crippen molar-refractivity contribution in [3.63, 3.8) is 0 Å². The van der Waals surface area contributed by atoms with E-state index in [9.17, 15) is 0 Å². The molecule has 1 aromatic carbocycles. The van der Waals surface area contributed by atoms with Gasteiger partial charge in [-0.25, -0.2) is 0 Å². The predicted molar refractivity (Wildman–Crippen MR) is 83.2 cm³/mol. The van der Waals surface area contributed by atoms with Crippen molar-refractivity contribution in [3.05, 3.63) is 58.9 Å². The normalized spacial score (nSPS) is 11.4. The van der Waals surface area contributed by atoms with Crippen molar-refractivity contribution in [1.82, 2.24) is 4.98 Å². The van der Waals surface area contributed by atoms with E-state index in [0.29, 0.717) is 6.61 Å². The van der Waals surface area contributed by atoms with Crippen LogP contribution in [0.15, 0.2) is 36.7 Å². The minimum Gasteiger partial charge on any atom is -0.488 e. The summed E-state index contributed by atoms with van der Waals surface area (Å²) in [6.07, 6.45) is 3.59. The Morgan fingerprint density at radius 1 is 1.00 bits per heavy atom. The smallest absolute Gasteiger partial charge is 0.125 e. The zero-order chi connectivity index (χ0) is 14.8. The second kappa shape index (κ2) is 5.66. The van der Waals surface area contributed by atoms with Gasteiger partial charge in [-0.1, -0.05) is 32.9 Å². The van der Waals surface area contributed by atoms with E-state index in [-0.39, 0.29) is 5.41 Å². The number of pyridine rings is 1. The molecule has 0 fully saturated rings. The highest BCUT2D eigenvalue weighted by Crippen LogP contribution is 2.31. The summed E-state index contributed by atoms with van der Waals surface area (Å²) in [6.45, 7) is 11.5. The first kappa shape index (κ1) is 14.6. The molecule has 0 aliphatic heterocycles. The Kier molecular flexibility index (Phi) is 4.12. The van der Waals surface area contributed by atoms with Gasteiger partial charge in [0.2, 0.25) is 0 Å². The minimum atomic E-state index is 0.166. The van der Waals surface area contributed by atoms with Crippen LogP contribution in [0.25, 0.3) is 0 Å². The maximum Gasteiger partial charge on any atom is 0.125 e. The van der Waals surface area contributed by atoms with Gasteiger partial charge in [0.25, 0.3) is 0 Å². The number of aryl methyl sites for hydroxylation is 2. The largest absolute Gasteiger partial charge is 0.488 e. The first-order chi connectivity index (χ1) is 9.38. The summed E-state index contributed by atoms with van der Waals surface area (Å²) in [6, 6.07) is 8.42. The number of benzene rings is 1. The lowest BCUT2D eigenvalue weighted by Gasteiger charge is -2.22. The topological polar surface area (TPSA) is 22.1 Å². The van der Waals surface area contributed by atoms with Gasteiger partial charge < -0.3 is 4.74 Å². The molecular weight excluding hydrogens is 246 g/mol. The van der Waals surface area contributed by atoms with Crippen molar-refractivity contribution < 1.29 is 4.74 Å². The van der Waals surface area contributed by atoms with Crippen LogP contribution in [0.5, 0.6) is 5.75 Å². The van der Waals surface area contributed by atoms with Crippen LogP contribution < -0.4 is 4.74 Å². The molecule has 0 N–H and O–H groups in total. The maximum atomic E-state index is 5.99. The van der Waals surface area contributed by atoms with E-state index in [1.165, 1.54) is 16.7 Å². The molecule has 2 nitrogen and oxygen atoms in total. The Bertz CT molecular complexity index is 559. The number of ether oxygens (including phenoxy) is 1. The predicted octanol–water partition coefficient (Wildman–Crippen LogP) is 4.57. The summed E-state index contributed by atoms with van der Waals surface area (Å²) in [5.74, 6) is 0.995. The molecule has 2 aromatic rings. The molecule has 2 rings (SSSR count). The molecule has 0 spiro atoms. The summed E-state index contributed by atoms with van der Waals surface area (Å²) in [5, 5.41) is 0. The zero-order valence-corrected chi connectivity index (χ0v) is 13.0. The first-order valence-corrected chi connectivity index (χ1v) is 7.01. The fourth-order valence-corrected chi connectivity index (χ4v) is 2.25. The summed E-state index contributed by atoms with van der Waals surface area (Å²) in [7, 11) is 0. The van der Waals surface area contributed by atoms with Gasteiger partial charge in [-0.3, -0.25) is 4.98 Å². The van der Waals surface area contributed by atoms with Gasteiger partial charge in [0.05, 0.1) is 0 Å². The van der Waals surface area contributed by atoms with Crippen molar-refractivity contribution in [1.29, 1.82) is 0 Å². The lowest BCUT2D eigenvalue weighted by molar-refractivity contribution is 0.301. The zero-order valence-electron chi connectivity index (χ0n) is 13.0. The number of nitrogens with zero attached hydrogens (tertiary/aromatic N) is 1. The van der Waals surface area contributed by atoms with E-state index in [1.807, 2.05) is 12.1 Å². The fourth-order valence-electron chi connectivity index (χ4n) is 2.25. The average molecular weight is 269 g/mol. The molecule has 0 aliphatic carbocycles. The molecule has 2 heteroatoms. The Morgan fingerprint density at radius 3 is 2.05 bits per heavy atom. The van der Waals surface area contributed by atoms with Gasteiger partial charge in [-0.05, 0) is 53.6 Å². The van der Waals surface area contributed by atoms with E-state index >= 15 is 0 Å². The van der Waals surface area contributed by atoms with E-state index in [2.05, 4.69) is 51.7 Å². The van der Waals surface area contributed by atoms with Gasteiger partial charge in [0.1, 0.15) is 12.4 Å². The molecule has 0 saturated carbocycles. The third kappa shape index (κ3) is 3.38. The van der Waals surface area contributed by atoms with Crippen LogP contribution in [0.2, 0.25) is 0 Å². The molecule has 0 amide bonds. The van der Waals surface area contributed by atoms with E-state index in [0.717, 1.165) is 11.3 Å². The number of rotatable bonds is 3. The van der Waals surface area contributed by atoms with Crippen molar-refractivity contribution in [2.75, 3.05) is 0 Å². The molecule has 0 atom stereocenters. The lowest BCUT2D eigenvalue weighted by atomic mass is 9.85. The van der Waals surface area contributed by atoms with Gasteiger partial charge in [0.15, 0.2) is 0 Å². The average Bonchev–Trinajstić information content (AvgIpc) is 2.37. The van der Waals surface area contributed by atoms with Gasteiger partial charge in [0, 0.05) is 12.4 Å². The van der Waals surface area contributed by atoms with Gasteiger partial charge in [-0.2, -0.15) is 0 Å². The quantitative estimate of drug-likeness (QED) is 0.814. The molecule has 106 valence electrons. The Balaban J connectivity index is 2.21. The standard InChI is InChI=1S/C18H23NO/c1-13-10-16(18(3,4)5)11-14(2)17(13)20-12-15-6-8-19-9-7-15/h6-11H,12H2,1-5H3. The third-order valence-corrected chi connectivity index (χ3v) is 3.46. The van der Waals surface area contributed by atoms with E-state index < -0.39 is 0 Å². The Hall–Kier alpha value is -1.83. The van der Waals surface area contributed by atoms with E-state index in [4.69, 9.17) is 4.74 Å². The summed E-state index contributed by atoms with van der Waals surface area (Å²) < 4.78 is 5.99. The highest BCUT2D eigenvalue weighted by molar-refractivity contribution is 5.45. The Morgan fingerprint density at radius 2 is 1.55 bits per heavy atom. The van der Waals surface area contributed by atoms with Crippen LogP contribution in [-0.4, -0.2) is 4.98 Å². The summed E-state index contributed by atoms with van der Waals surface area (Å²) >= 11 is 0. The monoisotopic (exact) mass is 269 g/mol. The van der Waals surface area contributed by atoms with Crippen molar-refractivity contribution in [2.45, 2.75) is 46.6 Å². The van der Waals surface area contributed by atoms with E-state index in [1.54, 1.807) is 12.4 Å². The second-order valence-electron chi connectivity index (χ2n) is 6.33. The van der Waals surface area contributed by atoms with Gasteiger partial charge in [-0.15, -0.1) is 0 Å². The molecule has 1 heterocycles. The minimum absolute atomic E-state index is 0.166. The van der Waals surface area contributed by atoms with Crippen LogP contribution >= 0.6 is 0 Å². The molecule has 0 aliphatic rings. The van der Waals surface area contributed by atoms with Crippen LogP contribution in [-0.2, 0) is 12.0 Å². The third-order valence-electron chi connectivity index (χ3n) is 3.46. The number of hydrogen-bond donors (Lipinski definition) is 0. The molecule has 0 radical (unpaired) electrons. The second-order valence-corrected chi connectivity index (χ2v) is 6.33. The van der Waals surface area contributed by atoms with Crippen molar-refractivity contribution >= 4 is 0 Å². The maximum absolute atomic E-state index is 5.99. The van der Waals surface area contributed by atoms with Crippen molar-refractivity contribution in [3.8, 4) is 5.75 Å². The van der Waals surface area contributed by atoms with Crippen LogP contribution in [0, 0.1) is 13.8 Å². The Labute approximate surface area is 121 Å². The molecule has 0 saturated heterocycles. The highest BCUT2D eigenvalue weighted by Gasteiger charge is 2.16. The van der Waals surface area contributed by atoms with Gasteiger partial charge >= 0.3 is 0 Å². The van der Waals surface area contributed by atoms with Crippen LogP contribution in [0.1, 0.15) is 43.0 Å². The summed E-state index contributed by atoms with van der Waals surface area (Å²) in [4.78, 5) is 4.02. The SMILES string of the molecule is Cc1cc(C(C)(C)C)cc(C)c1OCc1ccncc1. The molecule has 1 aromatic heterocycles. The molecule has 0 bridgehead atoms. The van der Waals surface area contributed by atoms with Crippen molar-refractivity contribution in [2.24, 2.45) is 0 Å². The fraction of sp³-hybridized carbons (Fsp3) is 0.389. The van der Waals surface area contributed by atoms with Crippen LogP contribution in [0.4, 0.5) is 0 Å². The first-order valence-electron chi connectivity index (χ1n) is 7.01. The molecule has 0 unspecified atom stereocenters. The van der Waals surface area contributed by atoms with Crippen LogP contribution in [0.3, 0.4) is 0 Å². The lowest BCUT2D eigenvalue weighted by Crippen LogP contribution is -2.12. The number of aromatic nitrogens is 1. The summed E-state index contributed by atoms with van der Waals surface area (Å²) in [5.41, 5.74) is 5.05. The molecule has 20 heavy (non-hydrogen) atoms. The highest BCUT2D eigenvalue weighted by atomic mass is 16.5.